The fourth-order valence-electron chi connectivity index (χ4n) is 1.16. The number of aryl methyl sites for hydroxylation is 1. The van der Waals surface area contributed by atoms with Crippen LogP contribution < -0.4 is 5.48 Å². The van der Waals surface area contributed by atoms with Crippen LogP contribution in [0.15, 0.2) is 12.1 Å². The molecule has 0 saturated heterocycles. The van der Waals surface area contributed by atoms with Crippen molar-refractivity contribution >= 4 is 23.2 Å². The van der Waals surface area contributed by atoms with Gasteiger partial charge in [-0.3, -0.25) is 9.63 Å². The summed E-state index contributed by atoms with van der Waals surface area (Å²) in [5.41, 5.74) is 2.20. The van der Waals surface area contributed by atoms with E-state index in [9.17, 15) is 9.59 Å². The Morgan fingerprint density at radius 3 is 2.61 bits per heavy atom. The maximum Gasteiger partial charge on any atom is 0.340 e. The van der Waals surface area contributed by atoms with Crippen LogP contribution in [0.25, 0.3) is 0 Å². The van der Waals surface area contributed by atoms with Gasteiger partial charge in [-0.05, 0) is 19.1 Å². The first-order chi connectivity index (χ1) is 8.58. The van der Waals surface area contributed by atoms with Gasteiger partial charge in [-0.15, -0.1) is 11.3 Å². The van der Waals surface area contributed by atoms with Crippen LogP contribution in [0.4, 0.5) is 0 Å². The van der Waals surface area contributed by atoms with Crippen LogP contribution in [0.1, 0.15) is 14.5 Å². The molecule has 0 fully saturated rings. The normalized spacial score (nSPS) is 11.9. The number of methoxy groups -OCH3 is 2. The summed E-state index contributed by atoms with van der Waals surface area (Å²) in [5.74, 6) is -1.02. The predicted molar refractivity (Wildman–Crippen MR) is 65.3 cm³/mol. The Morgan fingerprint density at radius 2 is 2.11 bits per heavy atom. The molecule has 1 atom stereocenters. The standard InChI is InChI=1S/C11H15NO5S/c1-7-4-5-9(18-7)10(13)12-17-8(6-15-2)11(14)16-3/h4-5,8H,6H2,1-3H3,(H,12,13). The molecule has 0 aliphatic carbocycles. The van der Waals surface area contributed by atoms with Gasteiger partial charge in [0.05, 0.1) is 18.6 Å². The maximum absolute atomic E-state index is 11.7. The minimum absolute atomic E-state index is 0.00355. The quantitative estimate of drug-likeness (QED) is 0.616. The van der Waals surface area contributed by atoms with Crippen molar-refractivity contribution < 1.29 is 23.9 Å². The smallest absolute Gasteiger partial charge is 0.340 e. The number of carbonyl (C=O) groups excluding carboxylic acids is 2. The molecule has 0 spiro atoms. The van der Waals surface area contributed by atoms with Crippen LogP contribution in [-0.4, -0.2) is 38.8 Å². The van der Waals surface area contributed by atoms with Crippen LogP contribution in [0, 0.1) is 6.92 Å². The molecule has 0 aliphatic rings. The first kappa shape index (κ1) is 14.6. The van der Waals surface area contributed by atoms with E-state index in [4.69, 9.17) is 9.57 Å². The first-order valence-electron chi connectivity index (χ1n) is 5.17. The number of hydroxylamine groups is 1. The Balaban J connectivity index is 2.51. The van der Waals surface area contributed by atoms with E-state index in [1.165, 1.54) is 25.6 Å². The molecule has 100 valence electrons. The molecule has 1 unspecified atom stereocenters. The van der Waals surface area contributed by atoms with E-state index < -0.39 is 18.0 Å². The minimum Gasteiger partial charge on any atom is -0.467 e. The van der Waals surface area contributed by atoms with E-state index >= 15 is 0 Å². The summed E-state index contributed by atoms with van der Waals surface area (Å²) >= 11 is 1.34. The summed E-state index contributed by atoms with van der Waals surface area (Å²) < 4.78 is 9.31. The van der Waals surface area contributed by atoms with E-state index in [0.717, 1.165) is 4.88 Å². The molecule has 1 rings (SSSR count). The lowest BCUT2D eigenvalue weighted by Gasteiger charge is -2.14. The highest BCUT2D eigenvalue weighted by Gasteiger charge is 2.22. The van der Waals surface area contributed by atoms with Crippen LogP contribution >= 0.6 is 11.3 Å². The number of thiophene rings is 1. The lowest BCUT2D eigenvalue weighted by molar-refractivity contribution is -0.161. The Hall–Kier alpha value is -1.44. The molecule has 1 heterocycles. The summed E-state index contributed by atoms with van der Waals surface area (Å²) in [5, 5.41) is 0. The molecule has 0 radical (unpaired) electrons. The minimum atomic E-state index is -0.981. The topological polar surface area (TPSA) is 73.9 Å². The van der Waals surface area contributed by atoms with Gasteiger partial charge in [0, 0.05) is 12.0 Å². The number of hydrogen-bond acceptors (Lipinski definition) is 6. The lowest BCUT2D eigenvalue weighted by Crippen LogP contribution is -2.37. The highest BCUT2D eigenvalue weighted by Crippen LogP contribution is 2.14. The molecule has 18 heavy (non-hydrogen) atoms. The Bertz CT molecular complexity index is 417. The van der Waals surface area contributed by atoms with Crippen LogP contribution in [-0.2, 0) is 19.1 Å². The largest absolute Gasteiger partial charge is 0.467 e. The van der Waals surface area contributed by atoms with Gasteiger partial charge in [0.1, 0.15) is 0 Å². The fraction of sp³-hybridized carbons (Fsp3) is 0.455. The Morgan fingerprint density at radius 1 is 1.39 bits per heavy atom. The summed E-state index contributed by atoms with van der Waals surface area (Å²) in [7, 11) is 2.66. The Kier molecular flexibility index (Phi) is 5.76. The van der Waals surface area contributed by atoms with Gasteiger partial charge in [-0.25, -0.2) is 10.3 Å². The molecule has 0 aromatic carbocycles. The van der Waals surface area contributed by atoms with Crippen molar-refractivity contribution in [1.29, 1.82) is 0 Å². The molecule has 1 amide bonds. The Labute approximate surface area is 109 Å². The summed E-state index contributed by atoms with van der Waals surface area (Å²) in [4.78, 5) is 29.4. The molecule has 1 N–H and O–H groups in total. The summed E-state index contributed by atoms with van der Waals surface area (Å²) in [6, 6.07) is 3.51. The zero-order valence-electron chi connectivity index (χ0n) is 10.4. The molecule has 0 saturated carbocycles. The van der Waals surface area contributed by atoms with Crippen molar-refractivity contribution in [1.82, 2.24) is 5.48 Å². The zero-order chi connectivity index (χ0) is 13.5. The average molecular weight is 273 g/mol. The molecule has 0 aliphatic heterocycles. The number of nitrogens with one attached hydrogen (secondary N) is 1. The molecular formula is C11H15NO5S. The highest BCUT2D eigenvalue weighted by molar-refractivity contribution is 7.13. The number of ether oxygens (including phenoxy) is 2. The monoisotopic (exact) mass is 273 g/mol. The number of amides is 1. The molecule has 1 aromatic heterocycles. The predicted octanol–water partition coefficient (Wildman–Crippen LogP) is 0.906. The molecule has 1 aromatic rings. The van der Waals surface area contributed by atoms with Crippen LogP contribution in [0.3, 0.4) is 0 Å². The zero-order valence-corrected chi connectivity index (χ0v) is 11.2. The van der Waals surface area contributed by atoms with E-state index in [0.29, 0.717) is 4.88 Å². The van der Waals surface area contributed by atoms with Gasteiger partial charge in [0.25, 0.3) is 5.91 Å². The van der Waals surface area contributed by atoms with Crippen molar-refractivity contribution in [3.63, 3.8) is 0 Å². The van der Waals surface area contributed by atoms with Gasteiger partial charge < -0.3 is 9.47 Å². The number of hydrogen-bond donors (Lipinski definition) is 1. The molecule has 0 bridgehead atoms. The summed E-state index contributed by atoms with van der Waals surface area (Å²) in [6.45, 7) is 1.89. The van der Waals surface area contributed by atoms with E-state index in [-0.39, 0.29) is 6.61 Å². The number of carbonyl (C=O) groups is 2. The van der Waals surface area contributed by atoms with Crippen LogP contribution in [0.5, 0.6) is 0 Å². The van der Waals surface area contributed by atoms with Crippen LogP contribution in [0.2, 0.25) is 0 Å². The second-order valence-corrected chi connectivity index (χ2v) is 4.71. The van der Waals surface area contributed by atoms with Crippen molar-refractivity contribution in [3.05, 3.63) is 21.9 Å². The van der Waals surface area contributed by atoms with Gasteiger partial charge in [0.15, 0.2) is 0 Å². The van der Waals surface area contributed by atoms with Gasteiger partial charge in [-0.2, -0.15) is 0 Å². The third-order valence-electron chi connectivity index (χ3n) is 2.04. The SMILES string of the molecule is COCC(ONC(=O)c1ccc(C)s1)C(=O)OC. The first-order valence-corrected chi connectivity index (χ1v) is 5.99. The second-order valence-electron chi connectivity index (χ2n) is 3.43. The van der Waals surface area contributed by atoms with Gasteiger partial charge in [-0.1, -0.05) is 0 Å². The van der Waals surface area contributed by atoms with Crippen molar-refractivity contribution in [2.45, 2.75) is 13.0 Å². The molecule has 7 heteroatoms. The van der Waals surface area contributed by atoms with Gasteiger partial charge >= 0.3 is 5.97 Å². The van der Waals surface area contributed by atoms with Crippen molar-refractivity contribution in [3.8, 4) is 0 Å². The highest BCUT2D eigenvalue weighted by atomic mass is 32.1. The van der Waals surface area contributed by atoms with Crippen molar-refractivity contribution in [2.75, 3.05) is 20.8 Å². The number of esters is 1. The fourth-order valence-corrected chi connectivity index (χ4v) is 1.92. The average Bonchev–Trinajstić information content (AvgIpc) is 2.80. The van der Waals surface area contributed by atoms with E-state index in [2.05, 4.69) is 10.2 Å². The van der Waals surface area contributed by atoms with E-state index in [1.54, 1.807) is 6.07 Å². The van der Waals surface area contributed by atoms with E-state index in [1.807, 2.05) is 13.0 Å². The maximum atomic E-state index is 11.7. The lowest BCUT2D eigenvalue weighted by atomic mass is 10.4. The molecule has 6 nitrogen and oxygen atoms in total. The third kappa shape index (κ3) is 4.10. The van der Waals surface area contributed by atoms with Gasteiger partial charge in [0.2, 0.25) is 6.10 Å². The third-order valence-corrected chi connectivity index (χ3v) is 3.04. The summed E-state index contributed by atoms with van der Waals surface area (Å²) in [6.07, 6.45) is -0.981. The van der Waals surface area contributed by atoms with Crippen molar-refractivity contribution in [2.24, 2.45) is 0 Å². The molecular weight excluding hydrogens is 258 g/mol. The number of rotatable bonds is 6. The second kappa shape index (κ2) is 7.10.